The molecule has 0 atom stereocenters. The molecule has 26 heavy (non-hydrogen) atoms. The average Bonchev–Trinajstić information content (AvgIpc) is 2.75. The fourth-order valence-electron chi connectivity index (χ4n) is 3.21. The molecular weight excluding hydrogens is 364 g/mol. The third kappa shape index (κ3) is 3.99. The maximum atomic E-state index is 12.8. The molecule has 5 nitrogen and oxygen atoms in total. The van der Waals surface area contributed by atoms with Crippen molar-refractivity contribution in [3.63, 3.8) is 0 Å². The van der Waals surface area contributed by atoms with Crippen molar-refractivity contribution in [2.45, 2.75) is 11.0 Å². The first-order valence-corrected chi connectivity index (χ1v) is 11.1. The zero-order valence-corrected chi connectivity index (χ0v) is 16.2. The fourth-order valence-corrected chi connectivity index (χ4v) is 6.10. The predicted octanol–water partition coefficient (Wildman–Crippen LogP) is 3.31. The van der Waals surface area contributed by atoms with Gasteiger partial charge >= 0.3 is 0 Å². The Labute approximate surface area is 162 Å². The van der Waals surface area contributed by atoms with E-state index in [0.717, 1.165) is 24.6 Å². The predicted molar refractivity (Wildman–Crippen MR) is 109 cm³/mol. The highest BCUT2D eigenvalue weighted by atomic mass is 32.2. The fraction of sp³-hybridized carbons (Fsp3) is 0.421. The van der Waals surface area contributed by atoms with Crippen molar-refractivity contribution in [2.24, 2.45) is 0 Å². The first kappa shape index (κ1) is 17.7. The van der Waals surface area contributed by atoms with Gasteiger partial charge in [-0.05, 0) is 41.7 Å². The minimum atomic E-state index is 0.120. The van der Waals surface area contributed by atoms with Crippen molar-refractivity contribution in [1.82, 2.24) is 14.9 Å². The van der Waals surface area contributed by atoms with Gasteiger partial charge in [0.15, 0.2) is 0 Å². The van der Waals surface area contributed by atoms with Gasteiger partial charge in [-0.15, -0.1) is 23.5 Å². The summed E-state index contributed by atoms with van der Waals surface area (Å²) in [5.74, 6) is 3.32. The minimum Gasteiger partial charge on any atom is -0.337 e. The van der Waals surface area contributed by atoms with Gasteiger partial charge in [-0.1, -0.05) is 12.1 Å². The number of carbonyl (C=O) groups is 1. The summed E-state index contributed by atoms with van der Waals surface area (Å²) in [5, 5.41) is 0. The van der Waals surface area contributed by atoms with Crippen LogP contribution in [-0.2, 0) is 0 Å². The van der Waals surface area contributed by atoms with Crippen LogP contribution in [0.4, 0.5) is 5.95 Å². The summed E-state index contributed by atoms with van der Waals surface area (Å²) in [4.78, 5) is 25.4. The van der Waals surface area contributed by atoms with Gasteiger partial charge in [0.25, 0.3) is 5.91 Å². The number of hydrogen-bond acceptors (Lipinski definition) is 6. The highest BCUT2D eigenvalue weighted by Gasteiger charge is 2.24. The van der Waals surface area contributed by atoms with Crippen LogP contribution in [0.2, 0.25) is 0 Å². The van der Waals surface area contributed by atoms with Gasteiger partial charge in [-0.25, -0.2) is 9.97 Å². The van der Waals surface area contributed by atoms with Crippen LogP contribution in [0.15, 0.2) is 42.7 Å². The number of carbonyl (C=O) groups excluding carboxylic acids is 1. The maximum absolute atomic E-state index is 12.8. The van der Waals surface area contributed by atoms with Gasteiger partial charge < -0.3 is 9.80 Å². The molecule has 7 heteroatoms. The number of amides is 1. The lowest BCUT2D eigenvalue weighted by molar-refractivity contribution is 0.0746. The van der Waals surface area contributed by atoms with E-state index in [1.165, 1.54) is 23.5 Å². The summed E-state index contributed by atoms with van der Waals surface area (Å²) in [6.45, 7) is 2.94. The summed E-state index contributed by atoms with van der Waals surface area (Å²) in [5.41, 5.74) is 2.10. The van der Waals surface area contributed by atoms with E-state index in [0.29, 0.717) is 17.7 Å². The van der Waals surface area contributed by atoms with Gasteiger partial charge in [-0.3, -0.25) is 4.79 Å². The molecule has 1 amide bonds. The van der Waals surface area contributed by atoms with E-state index in [1.807, 2.05) is 46.6 Å². The van der Waals surface area contributed by atoms with E-state index in [4.69, 9.17) is 0 Å². The smallest absolute Gasteiger partial charge is 0.253 e. The van der Waals surface area contributed by atoms with Crippen molar-refractivity contribution in [1.29, 1.82) is 0 Å². The number of benzene rings is 1. The van der Waals surface area contributed by atoms with Crippen LogP contribution in [0.5, 0.6) is 0 Å². The molecule has 2 aliphatic rings. The second-order valence-corrected chi connectivity index (χ2v) is 9.10. The monoisotopic (exact) mass is 386 g/mol. The number of anilines is 1. The van der Waals surface area contributed by atoms with Gasteiger partial charge in [0.1, 0.15) is 0 Å². The largest absolute Gasteiger partial charge is 0.337 e. The van der Waals surface area contributed by atoms with Crippen molar-refractivity contribution >= 4 is 35.4 Å². The number of aromatic nitrogens is 2. The Hall–Kier alpha value is -1.73. The Balaban J connectivity index is 1.36. The van der Waals surface area contributed by atoms with E-state index in [9.17, 15) is 4.79 Å². The highest BCUT2D eigenvalue weighted by Crippen LogP contribution is 2.43. The molecule has 2 saturated heterocycles. The molecule has 0 aliphatic carbocycles. The van der Waals surface area contributed by atoms with Crippen molar-refractivity contribution < 1.29 is 4.79 Å². The molecular formula is C19H22N4OS2. The molecule has 1 aromatic heterocycles. The zero-order valence-electron chi connectivity index (χ0n) is 14.6. The summed E-state index contributed by atoms with van der Waals surface area (Å²) >= 11 is 4.01. The SMILES string of the molecule is O=C(c1ccc(C2SCCCS2)cc1)N1CCN(c2ncccn2)CC1. The number of piperazine rings is 1. The molecule has 0 saturated carbocycles. The third-order valence-electron chi connectivity index (χ3n) is 4.66. The first-order chi connectivity index (χ1) is 12.8. The molecule has 2 aliphatic heterocycles. The number of nitrogens with zero attached hydrogens (tertiary/aromatic N) is 4. The molecule has 0 bridgehead atoms. The lowest BCUT2D eigenvalue weighted by Crippen LogP contribution is -2.49. The summed E-state index contributed by atoms with van der Waals surface area (Å²) < 4.78 is 0.516. The standard InChI is InChI=1S/C19H22N4OS2/c24-17(15-3-5-16(6-4-15)18-25-13-2-14-26-18)22-9-11-23(12-10-22)19-20-7-1-8-21-19/h1,3-8,18H,2,9-14H2. The molecule has 3 heterocycles. The van der Waals surface area contributed by atoms with E-state index >= 15 is 0 Å². The quantitative estimate of drug-likeness (QED) is 0.807. The molecule has 0 unspecified atom stereocenters. The average molecular weight is 387 g/mol. The normalized spacial score (nSPS) is 18.8. The molecule has 0 spiro atoms. The highest BCUT2D eigenvalue weighted by molar-refractivity contribution is 8.16. The molecule has 2 fully saturated rings. The van der Waals surface area contributed by atoms with Crippen LogP contribution in [0.3, 0.4) is 0 Å². The lowest BCUT2D eigenvalue weighted by Gasteiger charge is -2.34. The van der Waals surface area contributed by atoms with E-state index < -0.39 is 0 Å². The van der Waals surface area contributed by atoms with Crippen LogP contribution in [0.1, 0.15) is 26.9 Å². The van der Waals surface area contributed by atoms with Crippen LogP contribution < -0.4 is 4.90 Å². The Bertz CT molecular complexity index is 727. The van der Waals surface area contributed by atoms with Crippen molar-refractivity contribution in [3.05, 3.63) is 53.9 Å². The Kier molecular flexibility index (Phi) is 5.65. The van der Waals surface area contributed by atoms with E-state index in [-0.39, 0.29) is 5.91 Å². The summed E-state index contributed by atoms with van der Waals surface area (Å²) in [6, 6.07) is 10.0. The first-order valence-electron chi connectivity index (χ1n) is 8.96. The Morgan fingerprint density at radius 2 is 1.62 bits per heavy atom. The van der Waals surface area contributed by atoms with E-state index in [1.54, 1.807) is 12.4 Å². The zero-order chi connectivity index (χ0) is 17.8. The topological polar surface area (TPSA) is 49.3 Å². The summed E-state index contributed by atoms with van der Waals surface area (Å²) in [7, 11) is 0. The van der Waals surface area contributed by atoms with Crippen LogP contribution in [0, 0.1) is 0 Å². The molecule has 0 radical (unpaired) electrons. The Morgan fingerprint density at radius 3 is 2.27 bits per heavy atom. The second-order valence-electron chi connectivity index (χ2n) is 6.38. The minimum absolute atomic E-state index is 0.120. The number of hydrogen-bond donors (Lipinski definition) is 0. The van der Waals surface area contributed by atoms with Gasteiger partial charge in [0, 0.05) is 44.1 Å². The van der Waals surface area contributed by atoms with Crippen LogP contribution in [-0.4, -0.2) is 58.5 Å². The lowest BCUT2D eigenvalue weighted by atomic mass is 10.1. The summed E-state index contributed by atoms with van der Waals surface area (Å²) in [6.07, 6.45) is 4.80. The van der Waals surface area contributed by atoms with E-state index in [2.05, 4.69) is 27.0 Å². The Morgan fingerprint density at radius 1 is 0.962 bits per heavy atom. The second kappa shape index (κ2) is 8.31. The van der Waals surface area contributed by atoms with Crippen LogP contribution >= 0.6 is 23.5 Å². The molecule has 0 N–H and O–H groups in total. The number of rotatable bonds is 3. The van der Waals surface area contributed by atoms with Gasteiger partial charge in [-0.2, -0.15) is 0 Å². The van der Waals surface area contributed by atoms with Crippen LogP contribution in [0.25, 0.3) is 0 Å². The maximum Gasteiger partial charge on any atom is 0.253 e. The molecule has 4 rings (SSSR count). The van der Waals surface area contributed by atoms with Gasteiger partial charge in [0.05, 0.1) is 4.58 Å². The molecule has 1 aromatic carbocycles. The number of thioether (sulfide) groups is 2. The third-order valence-corrected chi connectivity index (χ3v) is 7.67. The molecule has 136 valence electrons. The molecule has 2 aromatic rings. The van der Waals surface area contributed by atoms with Crippen molar-refractivity contribution in [3.8, 4) is 0 Å². The van der Waals surface area contributed by atoms with Gasteiger partial charge in [0.2, 0.25) is 5.95 Å². The van der Waals surface area contributed by atoms with Crippen molar-refractivity contribution in [2.75, 3.05) is 42.6 Å².